The number of carbonyl (C=O) groups is 1. The topological polar surface area (TPSA) is 49.3 Å². The number of halogens is 1. The maximum absolute atomic E-state index is 12.7. The first-order valence-electron chi connectivity index (χ1n) is 6.19. The van der Waals surface area contributed by atoms with Crippen LogP contribution in [0.3, 0.4) is 0 Å². The van der Waals surface area contributed by atoms with Crippen molar-refractivity contribution < 1.29 is 14.3 Å². The SMILES string of the molecule is CC(O)CCC(=O)NC(C)Cc1ccc(F)cc1. The number of amides is 1. The molecule has 0 aliphatic carbocycles. The van der Waals surface area contributed by atoms with E-state index in [2.05, 4.69) is 5.32 Å². The summed E-state index contributed by atoms with van der Waals surface area (Å²) in [6.07, 6.45) is 1.00. The standard InChI is InChI=1S/C14H20FNO2/c1-10(16-14(18)8-3-11(2)17)9-12-4-6-13(15)7-5-12/h4-7,10-11,17H,3,8-9H2,1-2H3,(H,16,18). The Bertz CT molecular complexity index is 376. The molecule has 0 saturated carbocycles. The zero-order valence-corrected chi connectivity index (χ0v) is 10.8. The molecule has 100 valence electrons. The fourth-order valence-corrected chi connectivity index (χ4v) is 1.71. The minimum Gasteiger partial charge on any atom is -0.393 e. The number of hydrogen-bond donors (Lipinski definition) is 2. The van der Waals surface area contributed by atoms with E-state index < -0.39 is 6.10 Å². The monoisotopic (exact) mass is 253 g/mol. The van der Waals surface area contributed by atoms with E-state index in [4.69, 9.17) is 5.11 Å². The highest BCUT2D eigenvalue weighted by Gasteiger charge is 2.09. The molecule has 0 fully saturated rings. The van der Waals surface area contributed by atoms with Crippen LogP contribution in [0.4, 0.5) is 4.39 Å². The average molecular weight is 253 g/mol. The lowest BCUT2D eigenvalue weighted by atomic mass is 10.1. The van der Waals surface area contributed by atoms with Crippen LogP contribution < -0.4 is 5.32 Å². The molecule has 0 heterocycles. The Labute approximate surface area is 107 Å². The highest BCUT2D eigenvalue weighted by atomic mass is 19.1. The molecule has 2 unspecified atom stereocenters. The van der Waals surface area contributed by atoms with E-state index in [9.17, 15) is 9.18 Å². The van der Waals surface area contributed by atoms with Crippen LogP contribution in [0, 0.1) is 5.82 Å². The number of nitrogens with one attached hydrogen (secondary N) is 1. The van der Waals surface area contributed by atoms with Crippen molar-refractivity contribution in [1.29, 1.82) is 0 Å². The van der Waals surface area contributed by atoms with Gasteiger partial charge >= 0.3 is 0 Å². The van der Waals surface area contributed by atoms with Crippen LogP contribution >= 0.6 is 0 Å². The van der Waals surface area contributed by atoms with Crippen molar-refractivity contribution >= 4 is 5.91 Å². The largest absolute Gasteiger partial charge is 0.393 e. The van der Waals surface area contributed by atoms with Gasteiger partial charge in [0.2, 0.25) is 5.91 Å². The predicted octanol–water partition coefficient (Wildman–Crippen LogP) is 2.03. The van der Waals surface area contributed by atoms with Gasteiger partial charge in [0.05, 0.1) is 6.10 Å². The molecule has 2 atom stereocenters. The molecule has 4 heteroatoms. The molecule has 1 aromatic carbocycles. The quantitative estimate of drug-likeness (QED) is 0.815. The molecular formula is C14H20FNO2. The second kappa shape index (κ2) is 7.11. The van der Waals surface area contributed by atoms with Gasteiger partial charge in [-0.2, -0.15) is 0 Å². The Kier molecular flexibility index (Phi) is 5.78. The summed E-state index contributed by atoms with van der Waals surface area (Å²) in [5.41, 5.74) is 0.986. The summed E-state index contributed by atoms with van der Waals surface area (Å²) in [4.78, 5) is 11.5. The first-order valence-corrected chi connectivity index (χ1v) is 6.19. The van der Waals surface area contributed by atoms with Crippen LogP contribution in [0.2, 0.25) is 0 Å². The molecule has 0 saturated heterocycles. The van der Waals surface area contributed by atoms with E-state index in [0.29, 0.717) is 19.3 Å². The van der Waals surface area contributed by atoms with Crippen molar-refractivity contribution in [3.63, 3.8) is 0 Å². The number of carbonyl (C=O) groups excluding carboxylic acids is 1. The van der Waals surface area contributed by atoms with Gasteiger partial charge in [-0.1, -0.05) is 12.1 Å². The highest BCUT2D eigenvalue weighted by molar-refractivity contribution is 5.76. The minimum absolute atomic E-state index is 0.00281. The van der Waals surface area contributed by atoms with Crippen molar-refractivity contribution in [2.75, 3.05) is 0 Å². The summed E-state index contributed by atoms with van der Waals surface area (Å²) in [7, 11) is 0. The molecule has 1 aromatic rings. The Hall–Kier alpha value is -1.42. The molecule has 1 amide bonds. The molecule has 0 aliphatic heterocycles. The van der Waals surface area contributed by atoms with Gasteiger partial charge in [0.15, 0.2) is 0 Å². The number of aliphatic hydroxyl groups is 1. The third-order valence-corrected chi connectivity index (χ3v) is 2.65. The minimum atomic E-state index is -0.455. The lowest BCUT2D eigenvalue weighted by Gasteiger charge is -2.14. The maximum atomic E-state index is 12.7. The summed E-state index contributed by atoms with van der Waals surface area (Å²) in [6.45, 7) is 3.57. The van der Waals surface area contributed by atoms with Crippen molar-refractivity contribution in [2.24, 2.45) is 0 Å². The van der Waals surface area contributed by atoms with Gasteiger partial charge in [-0.3, -0.25) is 4.79 Å². The molecule has 0 aliphatic rings. The molecule has 3 nitrogen and oxygen atoms in total. The van der Waals surface area contributed by atoms with Gasteiger partial charge in [-0.05, 0) is 44.4 Å². The van der Waals surface area contributed by atoms with E-state index in [1.165, 1.54) is 12.1 Å². The van der Waals surface area contributed by atoms with Crippen LogP contribution in [-0.2, 0) is 11.2 Å². The number of benzene rings is 1. The molecule has 2 N–H and O–H groups in total. The van der Waals surface area contributed by atoms with Crippen LogP contribution in [0.1, 0.15) is 32.3 Å². The van der Waals surface area contributed by atoms with Crippen molar-refractivity contribution in [3.8, 4) is 0 Å². The van der Waals surface area contributed by atoms with E-state index in [-0.39, 0.29) is 17.8 Å². The smallest absolute Gasteiger partial charge is 0.220 e. The molecule has 0 aromatic heterocycles. The summed E-state index contributed by atoms with van der Waals surface area (Å²) in [5, 5.41) is 11.9. The van der Waals surface area contributed by atoms with Gasteiger partial charge < -0.3 is 10.4 Å². The van der Waals surface area contributed by atoms with Crippen LogP contribution in [0.5, 0.6) is 0 Å². The van der Waals surface area contributed by atoms with Gasteiger partial charge in [0.25, 0.3) is 0 Å². The summed E-state index contributed by atoms with van der Waals surface area (Å²) < 4.78 is 12.7. The van der Waals surface area contributed by atoms with Gasteiger partial charge in [0.1, 0.15) is 5.82 Å². The molecule has 18 heavy (non-hydrogen) atoms. The molecule has 0 bridgehead atoms. The number of hydrogen-bond acceptors (Lipinski definition) is 2. The van der Waals surface area contributed by atoms with E-state index in [1.54, 1.807) is 19.1 Å². The van der Waals surface area contributed by atoms with E-state index in [1.807, 2.05) is 6.92 Å². The molecular weight excluding hydrogens is 233 g/mol. The van der Waals surface area contributed by atoms with Crippen LogP contribution in [0.25, 0.3) is 0 Å². The van der Waals surface area contributed by atoms with Gasteiger partial charge in [-0.25, -0.2) is 4.39 Å². The lowest BCUT2D eigenvalue weighted by molar-refractivity contribution is -0.122. The van der Waals surface area contributed by atoms with Crippen LogP contribution in [0.15, 0.2) is 24.3 Å². The zero-order valence-electron chi connectivity index (χ0n) is 10.8. The van der Waals surface area contributed by atoms with Gasteiger partial charge in [-0.15, -0.1) is 0 Å². The second-order valence-corrected chi connectivity index (χ2v) is 4.69. The van der Waals surface area contributed by atoms with Crippen molar-refractivity contribution in [1.82, 2.24) is 5.32 Å². The van der Waals surface area contributed by atoms with Crippen molar-refractivity contribution in [3.05, 3.63) is 35.6 Å². The maximum Gasteiger partial charge on any atom is 0.220 e. The Balaban J connectivity index is 2.34. The summed E-state index contributed by atoms with van der Waals surface area (Å²) in [5.74, 6) is -0.321. The van der Waals surface area contributed by atoms with E-state index in [0.717, 1.165) is 5.56 Å². The normalized spacial score (nSPS) is 14.0. The Morgan fingerprint density at radius 3 is 2.50 bits per heavy atom. The number of rotatable bonds is 6. The highest BCUT2D eigenvalue weighted by Crippen LogP contribution is 2.06. The first-order chi connectivity index (χ1) is 8.47. The lowest BCUT2D eigenvalue weighted by Crippen LogP contribution is -2.34. The second-order valence-electron chi connectivity index (χ2n) is 4.69. The van der Waals surface area contributed by atoms with E-state index >= 15 is 0 Å². The zero-order chi connectivity index (χ0) is 13.5. The molecule has 1 rings (SSSR count). The average Bonchev–Trinajstić information content (AvgIpc) is 2.29. The third-order valence-electron chi connectivity index (χ3n) is 2.65. The van der Waals surface area contributed by atoms with Crippen molar-refractivity contribution in [2.45, 2.75) is 45.3 Å². The third kappa shape index (κ3) is 5.77. The fourth-order valence-electron chi connectivity index (χ4n) is 1.71. The molecule has 0 radical (unpaired) electrons. The Morgan fingerprint density at radius 1 is 1.33 bits per heavy atom. The summed E-state index contributed by atoms with van der Waals surface area (Å²) >= 11 is 0. The molecule has 0 spiro atoms. The summed E-state index contributed by atoms with van der Waals surface area (Å²) in [6, 6.07) is 6.26. The van der Waals surface area contributed by atoms with Crippen LogP contribution in [-0.4, -0.2) is 23.2 Å². The predicted molar refractivity (Wildman–Crippen MR) is 68.6 cm³/mol. The number of aliphatic hydroxyl groups excluding tert-OH is 1. The first kappa shape index (κ1) is 14.6. The van der Waals surface area contributed by atoms with Gasteiger partial charge in [0, 0.05) is 12.5 Å². The Morgan fingerprint density at radius 2 is 1.94 bits per heavy atom. The fraction of sp³-hybridized carbons (Fsp3) is 0.500.